The predicted molar refractivity (Wildman–Crippen MR) is 101 cm³/mol. The minimum Gasteiger partial charge on any atom is -0.339 e. The van der Waals surface area contributed by atoms with Crippen molar-refractivity contribution in [3.63, 3.8) is 0 Å². The largest absolute Gasteiger partial charge is 0.339 e. The molecule has 142 valence electrons. The highest BCUT2D eigenvalue weighted by atomic mass is 16.2. The molecule has 2 fully saturated rings. The second kappa shape index (κ2) is 7.50. The van der Waals surface area contributed by atoms with Crippen molar-refractivity contribution in [2.24, 2.45) is 5.92 Å². The third-order valence-corrected chi connectivity index (χ3v) is 5.64. The van der Waals surface area contributed by atoms with Gasteiger partial charge >= 0.3 is 0 Å². The Labute approximate surface area is 157 Å². The van der Waals surface area contributed by atoms with Crippen molar-refractivity contribution in [1.29, 1.82) is 0 Å². The molecule has 0 spiro atoms. The lowest BCUT2D eigenvalue weighted by atomic mass is 9.84. The van der Waals surface area contributed by atoms with Crippen molar-refractivity contribution >= 4 is 22.8 Å². The summed E-state index contributed by atoms with van der Waals surface area (Å²) in [6.45, 7) is 2.35. The molecule has 7 heteroatoms. The summed E-state index contributed by atoms with van der Waals surface area (Å²) in [5.41, 5.74) is 1.57. The topological polar surface area (TPSA) is 86.4 Å². The van der Waals surface area contributed by atoms with Gasteiger partial charge in [-0.05, 0) is 25.0 Å². The molecule has 2 heterocycles. The number of carbonyl (C=O) groups is 2. The number of aromatic amines is 1. The smallest absolute Gasteiger partial charge is 0.270 e. The Balaban J connectivity index is 1.32. The second-order valence-electron chi connectivity index (χ2n) is 7.36. The number of aromatic nitrogens is 2. The number of piperazine rings is 1. The lowest BCUT2D eigenvalue weighted by molar-refractivity contribution is -0.144. The fraction of sp³-hybridized carbons (Fsp3) is 0.500. The highest BCUT2D eigenvalue weighted by Gasteiger charge is 2.31. The molecule has 1 saturated carbocycles. The van der Waals surface area contributed by atoms with Crippen LogP contribution in [0.4, 0.5) is 0 Å². The van der Waals surface area contributed by atoms with Crippen molar-refractivity contribution in [2.75, 3.05) is 26.2 Å². The molecule has 2 aliphatic rings. The second-order valence-corrected chi connectivity index (χ2v) is 7.36. The van der Waals surface area contributed by atoms with Gasteiger partial charge in [0.1, 0.15) is 5.69 Å². The van der Waals surface area contributed by atoms with Gasteiger partial charge in [0, 0.05) is 44.9 Å². The standard InChI is InChI=1S/C20H24N4O3/c25-18(23-10-12-24(13-11-23)20(27)14-4-3-5-14)9-8-17-19(26)22-16-7-2-1-6-15(16)21-17/h1-2,6-7,14H,3-5,8-13H2,(H,22,26). The number of rotatable bonds is 4. The van der Waals surface area contributed by atoms with Gasteiger partial charge in [-0.1, -0.05) is 18.6 Å². The maximum atomic E-state index is 12.5. The Morgan fingerprint density at radius 3 is 2.48 bits per heavy atom. The summed E-state index contributed by atoms with van der Waals surface area (Å²) in [6.07, 6.45) is 3.73. The Bertz CT molecular complexity index is 911. The van der Waals surface area contributed by atoms with E-state index in [0.717, 1.165) is 24.8 Å². The molecule has 1 saturated heterocycles. The van der Waals surface area contributed by atoms with Crippen LogP contribution in [0.1, 0.15) is 31.4 Å². The van der Waals surface area contributed by atoms with Gasteiger partial charge < -0.3 is 14.8 Å². The molecule has 1 aliphatic carbocycles. The van der Waals surface area contributed by atoms with E-state index in [1.165, 1.54) is 0 Å². The number of benzene rings is 1. The van der Waals surface area contributed by atoms with Gasteiger partial charge in [0.15, 0.2) is 0 Å². The van der Waals surface area contributed by atoms with Crippen molar-refractivity contribution in [3.8, 4) is 0 Å². The minimum atomic E-state index is -0.239. The first-order valence-electron chi connectivity index (χ1n) is 9.66. The highest BCUT2D eigenvalue weighted by molar-refractivity contribution is 5.81. The van der Waals surface area contributed by atoms with Crippen LogP contribution in [0.5, 0.6) is 0 Å². The van der Waals surface area contributed by atoms with Gasteiger partial charge in [-0.25, -0.2) is 4.98 Å². The summed E-state index contributed by atoms with van der Waals surface area (Å²) >= 11 is 0. The lowest BCUT2D eigenvalue weighted by Gasteiger charge is -2.38. The minimum absolute atomic E-state index is 0.0140. The summed E-state index contributed by atoms with van der Waals surface area (Å²) in [5, 5.41) is 0. The Morgan fingerprint density at radius 1 is 1.07 bits per heavy atom. The zero-order chi connectivity index (χ0) is 18.8. The number of fused-ring (bicyclic) bond motifs is 1. The maximum Gasteiger partial charge on any atom is 0.270 e. The van der Waals surface area contributed by atoms with Crippen molar-refractivity contribution in [3.05, 3.63) is 40.3 Å². The van der Waals surface area contributed by atoms with Crippen LogP contribution in [-0.4, -0.2) is 57.8 Å². The highest BCUT2D eigenvalue weighted by Crippen LogP contribution is 2.28. The molecular formula is C20H24N4O3. The van der Waals surface area contributed by atoms with Crippen LogP contribution < -0.4 is 5.56 Å². The lowest BCUT2D eigenvalue weighted by Crippen LogP contribution is -2.52. The van der Waals surface area contributed by atoms with Crippen molar-refractivity contribution < 1.29 is 9.59 Å². The zero-order valence-electron chi connectivity index (χ0n) is 15.3. The fourth-order valence-corrected chi connectivity index (χ4v) is 3.71. The molecule has 2 amide bonds. The molecule has 1 aromatic heterocycles. The number of hydrogen-bond acceptors (Lipinski definition) is 4. The van der Waals surface area contributed by atoms with E-state index >= 15 is 0 Å². The van der Waals surface area contributed by atoms with E-state index in [2.05, 4.69) is 9.97 Å². The van der Waals surface area contributed by atoms with E-state index in [1.54, 1.807) is 4.90 Å². The quantitative estimate of drug-likeness (QED) is 0.882. The number of carbonyl (C=O) groups excluding carboxylic acids is 2. The maximum absolute atomic E-state index is 12.5. The van der Waals surface area contributed by atoms with Crippen LogP contribution in [0.15, 0.2) is 29.1 Å². The Morgan fingerprint density at radius 2 is 1.78 bits per heavy atom. The zero-order valence-corrected chi connectivity index (χ0v) is 15.3. The number of hydrogen-bond donors (Lipinski definition) is 1. The first-order chi connectivity index (χ1) is 13.1. The Kier molecular flexibility index (Phi) is 4.92. The Hall–Kier alpha value is -2.70. The number of amides is 2. The molecular weight excluding hydrogens is 344 g/mol. The normalized spacial score (nSPS) is 17.8. The summed E-state index contributed by atoms with van der Waals surface area (Å²) in [6, 6.07) is 7.36. The monoisotopic (exact) mass is 368 g/mol. The SMILES string of the molecule is O=C(CCc1nc2ccccc2[nH]c1=O)N1CCN(C(=O)C2CCC2)CC1. The van der Waals surface area contributed by atoms with Crippen LogP contribution in [0.3, 0.4) is 0 Å². The molecule has 0 radical (unpaired) electrons. The average molecular weight is 368 g/mol. The molecule has 7 nitrogen and oxygen atoms in total. The first-order valence-corrected chi connectivity index (χ1v) is 9.66. The first kappa shape index (κ1) is 17.7. The molecule has 27 heavy (non-hydrogen) atoms. The summed E-state index contributed by atoms with van der Waals surface area (Å²) < 4.78 is 0. The average Bonchev–Trinajstić information content (AvgIpc) is 2.64. The van der Waals surface area contributed by atoms with Crippen molar-refractivity contribution in [2.45, 2.75) is 32.1 Å². The summed E-state index contributed by atoms with van der Waals surface area (Å²) in [4.78, 5) is 47.8. The number of para-hydroxylation sites is 2. The summed E-state index contributed by atoms with van der Waals surface area (Å²) in [5.74, 6) is 0.471. The van der Waals surface area contributed by atoms with Crippen LogP contribution in [0, 0.1) is 5.92 Å². The van der Waals surface area contributed by atoms with Crippen LogP contribution in [0.2, 0.25) is 0 Å². The molecule has 0 bridgehead atoms. The van der Waals surface area contributed by atoms with Crippen LogP contribution >= 0.6 is 0 Å². The van der Waals surface area contributed by atoms with E-state index in [9.17, 15) is 14.4 Å². The van der Waals surface area contributed by atoms with E-state index < -0.39 is 0 Å². The summed E-state index contributed by atoms with van der Waals surface area (Å²) in [7, 11) is 0. The number of H-pyrrole nitrogens is 1. The molecule has 0 atom stereocenters. The predicted octanol–water partition coefficient (Wildman–Crippen LogP) is 1.33. The number of nitrogens with zero attached hydrogens (tertiary/aromatic N) is 3. The molecule has 4 rings (SSSR count). The van der Waals surface area contributed by atoms with Crippen LogP contribution in [-0.2, 0) is 16.0 Å². The van der Waals surface area contributed by atoms with E-state index in [0.29, 0.717) is 43.8 Å². The fourth-order valence-electron chi connectivity index (χ4n) is 3.71. The van der Waals surface area contributed by atoms with Gasteiger partial charge in [0.2, 0.25) is 11.8 Å². The molecule has 2 aromatic rings. The van der Waals surface area contributed by atoms with E-state index in [4.69, 9.17) is 0 Å². The molecule has 1 aliphatic heterocycles. The number of nitrogens with one attached hydrogen (secondary N) is 1. The molecule has 1 aromatic carbocycles. The molecule has 0 unspecified atom stereocenters. The van der Waals surface area contributed by atoms with Gasteiger partial charge in [-0.15, -0.1) is 0 Å². The van der Waals surface area contributed by atoms with Crippen LogP contribution in [0.25, 0.3) is 11.0 Å². The third kappa shape index (κ3) is 3.72. The van der Waals surface area contributed by atoms with Gasteiger partial charge in [-0.3, -0.25) is 14.4 Å². The third-order valence-electron chi connectivity index (χ3n) is 5.64. The molecule has 1 N–H and O–H groups in total. The van der Waals surface area contributed by atoms with Gasteiger partial charge in [0.25, 0.3) is 5.56 Å². The van der Waals surface area contributed by atoms with Gasteiger partial charge in [-0.2, -0.15) is 0 Å². The van der Waals surface area contributed by atoms with Crippen molar-refractivity contribution in [1.82, 2.24) is 19.8 Å². The van der Waals surface area contributed by atoms with Gasteiger partial charge in [0.05, 0.1) is 11.0 Å². The van der Waals surface area contributed by atoms with E-state index in [-0.39, 0.29) is 29.7 Å². The van der Waals surface area contributed by atoms with E-state index in [1.807, 2.05) is 29.2 Å². The number of aryl methyl sites for hydroxylation is 1.